The molecule has 1 aromatic carbocycles. The van der Waals surface area contributed by atoms with E-state index in [1.807, 2.05) is 0 Å². The van der Waals surface area contributed by atoms with Crippen LogP contribution in [-0.4, -0.2) is 23.2 Å². The number of aromatic hydroxyl groups is 2. The van der Waals surface area contributed by atoms with Crippen LogP contribution in [0.25, 0.3) is 0 Å². The number of rotatable bonds is 1. The van der Waals surface area contributed by atoms with Gasteiger partial charge in [0.2, 0.25) is 0 Å². The molecule has 2 N–H and O–H groups in total. The summed E-state index contributed by atoms with van der Waals surface area (Å²) in [6, 6.07) is 1.03. The Morgan fingerprint density at radius 1 is 1.27 bits per heavy atom. The van der Waals surface area contributed by atoms with Gasteiger partial charge in [0.15, 0.2) is 0 Å². The first-order valence-corrected chi connectivity index (χ1v) is 5.14. The van der Waals surface area contributed by atoms with E-state index in [-0.39, 0.29) is 40.9 Å². The summed E-state index contributed by atoms with van der Waals surface area (Å²) in [6.45, 7) is 2.75. The molecule has 0 saturated carbocycles. The fourth-order valence-electron chi connectivity index (χ4n) is 1.25. The predicted molar refractivity (Wildman–Crippen MR) is 47.2 cm³/mol. The van der Waals surface area contributed by atoms with Crippen molar-refractivity contribution in [1.29, 1.82) is 0 Å². The van der Waals surface area contributed by atoms with Gasteiger partial charge in [0.05, 0.1) is 0 Å². The Hall–Kier alpha value is -0.270. The summed E-state index contributed by atoms with van der Waals surface area (Å²) >= 11 is 0. The van der Waals surface area contributed by atoms with Crippen molar-refractivity contribution < 1.29 is 52.7 Å². The molecule has 0 unspecified atom stereocenters. The van der Waals surface area contributed by atoms with Crippen LogP contribution in [-0.2, 0) is 10.1 Å². The number of phenols is 2. The number of hydrogen-bond acceptors (Lipinski definition) is 5. The van der Waals surface area contributed by atoms with Crippen LogP contribution in [0.3, 0.4) is 0 Å². The van der Waals surface area contributed by atoms with Crippen LogP contribution in [0, 0.1) is 13.8 Å². The van der Waals surface area contributed by atoms with E-state index in [0.29, 0.717) is 5.56 Å². The number of benzene rings is 1. The molecule has 1 aromatic rings. The van der Waals surface area contributed by atoms with Crippen LogP contribution >= 0.6 is 0 Å². The average Bonchev–Trinajstić information content (AvgIpc) is 1.97. The third kappa shape index (κ3) is 2.85. The van der Waals surface area contributed by atoms with Crippen LogP contribution in [0.2, 0.25) is 0 Å². The van der Waals surface area contributed by atoms with E-state index in [4.69, 9.17) is 0 Å². The third-order valence-corrected chi connectivity index (χ3v) is 2.92. The summed E-state index contributed by atoms with van der Waals surface area (Å²) in [7, 11) is -4.76. The minimum Gasteiger partial charge on any atom is -0.744 e. The van der Waals surface area contributed by atoms with Crippen LogP contribution in [0.1, 0.15) is 11.1 Å². The smallest absolute Gasteiger partial charge is 0.744 e. The van der Waals surface area contributed by atoms with Crippen molar-refractivity contribution in [3.8, 4) is 11.5 Å². The van der Waals surface area contributed by atoms with Gasteiger partial charge in [-0.25, -0.2) is 8.42 Å². The fourth-order valence-corrected chi connectivity index (χ4v) is 2.04. The molecule has 0 radical (unpaired) electrons. The molecule has 78 valence electrons. The van der Waals surface area contributed by atoms with Crippen LogP contribution in [0.5, 0.6) is 11.5 Å². The minimum atomic E-state index is -4.76. The Balaban J connectivity index is 0.00000196. The van der Waals surface area contributed by atoms with Gasteiger partial charge in [0.25, 0.3) is 0 Å². The average molecular weight is 240 g/mol. The summed E-state index contributed by atoms with van der Waals surface area (Å²) in [5.41, 5.74) is 0.185. The quantitative estimate of drug-likeness (QED) is 0.324. The molecule has 5 nitrogen and oxygen atoms in total. The van der Waals surface area contributed by atoms with Crippen molar-refractivity contribution in [2.24, 2.45) is 0 Å². The van der Waals surface area contributed by atoms with E-state index in [0.717, 1.165) is 6.07 Å². The normalized spacial score (nSPS) is 10.9. The van der Waals surface area contributed by atoms with Gasteiger partial charge in [0, 0.05) is 5.56 Å². The monoisotopic (exact) mass is 240 g/mol. The van der Waals surface area contributed by atoms with Crippen molar-refractivity contribution in [2.75, 3.05) is 0 Å². The van der Waals surface area contributed by atoms with Gasteiger partial charge in [-0.05, 0) is 25.5 Å². The second-order valence-corrected chi connectivity index (χ2v) is 4.29. The van der Waals surface area contributed by atoms with Crippen molar-refractivity contribution in [2.45, 2.75) is 18.7 Å². The zero-order valence-corrected chi connectivity index (χ0v) is 11.4. The van der Waals surface area contributed by atoms with Crippen molar-refractivity contribution in [3.05, 3.63) is 17.2 Å². The van der Waals surface area contributed by atoms with Crippen molar-refractivity contribution in [3.63, 3.8) is 0 Å². The van der Waals surface area contributed by atoms with E-state index in [2.05, 4.69) is 0 Å². The van der Waals surface area contributed by atoms with Gasteiger partial charge in [-0.2, -0.15) is 0 Å². The number of phenolic OH excluding ortho intramolecular Hbond substituents is 2. The Kier molecular flexibility index (Phi) is 4.63. The standard InChI is InChI=1S/C8H10O5S.Na/c1-4-3-6(9)8(14(11,12)13)5(2)7(4)10;/h3,9-10H,1-2H3,(H,11,12,13);/q;+1/p-1. The van der Waals surface area contributed by atoms with Gasteiger partial charge in [-0.15, -0.1) is 0 Å². The third-order valence-electron chi connectivity index (χ3n) is 1.91. The molecule has 0 spiro atoms. The Labute approximate surface area is 110 Å². The van der Waals surface area contributed by atoms with Gasteiger partial charge < -0.3 is 14.8 Å². The van der Waals surface area contributed by atoms with E-state index in [9.17, 15) is 23.2 Å². The first kappa shape index (κ1) is 14.7. The largest absolute Gasteiger partial charge is 1.00 e. The second kappa shape index (κ2) is 4.71. The number of hydrogen-bond donors (Lipinski definition) is 2. The van der Waals surface area contributed by atoms with Crippen LogP contribution in [0.15, 0.2) is 11.0 Å². The first-order valence-electron chi connectivity index (χ1n) is 3.73. The molecule has 0 aliphatic carbocycles. The van der Waals surface area contributed by atoms with E-state index in [1.54, 1.807) is 0 Å². The molecule has 0 bridgehead atoms. The van der Waals surface area contributed by atoms with E-state index >= 15 is 0 Å². The Morgan fingerprint density at radius 2 is 1.73 bits per heavy atom. The van der Waals surface area contributed by atoms with Crippen molar-refractivity contribution in [1.82, 2.24) is 0 Å². The summed E-state index contributed by atoms with van der Waals surface area (Å²) < 4.78 is 32.1. The Morgan fingerprint density at radius 3 is 2.13 bits per heavy atom. The SMILES string of the molecule is Cc1cc(O)c(S(=O)(=O)[O-])c(C)c1O.[Na+]. The summed E-state index contributed by atoms with van der Waals surface area (Å²) in [5.74, 6) is -0.926. The molecule has 0 amide bonds. The van der Waals surface area contributed by atoms with Crippen LogP contribution < -0.4 is 29.6 Å². The molecular formula is C8H9NaO5S. The van der Waals surface area contributed by atoms with Gasteiger partial charge in [-0.3, -0.25) is 0 Å². The molecule has 0 heterocycles. The maximum Gasteiger partial charge on any atom is 1.00 e. The number of aryl methyl sites for hydroxylation is 1. The van der Waals surface area contributed by atoms with E-state index < -0.39 is 20.8 Å². The van der Waals surface area contributed by atoms with Gasteiger partial charge in [0.1, 0.15) is 26.5 Å². The molecule has 7 heteroatoms. The summed E-state index contributed by atoms with van der Waals surface area (Å²) in [4.78, 5) is -0.763. The maximum atomic E-state index is 10.7. The summed E-state index contributed by atoms with van der Waals surface area (Å²) in [5, 5.41) is 18.6. The molecule has 0 fully saturated rings. The minimum absolute atomic E-state index is 0. The van der Waals surface area contributed by atoms with Gasteiger partial charge in [-0.1, -0.05) is 0 Å². The molecule has 0 aliphatic heterocycles. The maximum absolute atomic E-state index is 10.7. The molecule has 0 saturated heterocycles. The predicted octanol–water partition coefficient (Wildman–Crippen LogP) is -2.38. The molecule has 15 heavy (non-hydrogen) atoms. The topological polar surface area (TPSA) is 97.7 Å². The summed E-state index contributed by atoms with van der Waals surface area (Å²) in [6.07, 6.45) is 0. The van der Waals surface area contributed by atoms with Crippen LogP contribution in [0.4, 0.5) is 0 Å². The zero-order chi connectivity index (χ0) is 11.1. The van der Waals surface area contributed by atoms with Gasteiger partial charge >= 0.3 is 29.6 Å². The molecule has 1 rings (SSSR count). The molecule has 0 atom stereocenters. The molecule has 0 aromatic heterocycles. The molecule has 0 aliphatic rings. The Bertz CT molecular complexity index is 480. The van der Waals surface area contributed by atoms with E-state index in [1.165, 1.54) is 13.8 Å². The molecular weight excluding hydrogens is 231 g/mol. The fraction of sp³-hybridized carbons (Fsp3) is 0.250. The van der Waals surface area contributed by atoms with Crippen molar-refractivity contribution >= 4 is 10.1 Å². The second-order valence-electron chi connectivity index (χ2n) is 2.97. The zero-order valence-electron chi connectivity index (χ0n) is 8.60. The first-order chi connectivity index (χ1) is 6.25.